The fourth-order valence-corrected chi connectivity index (χ4v) is 5.06. The summed E-state index contributed by atoms with van der Waals surface area (Å²) in [6.45, 7) is 2.15. The number of halogens is 2. The first kappa shape index (κ1) is 16.6. The molecule has 25 heavy (non-hydrogen) atoms. The topological polar surface area (TPSA) is 46.9 Å². The summed E-state index contributed by atoms with van der Waals surface area (Å²) in [6.07, 6.45) is 5.37. The van der Waals surface area contributed by atoms with E-state index in [0.717, 1.165) is 31.2 Å². The number of hydrogen-bond acceptors (Lipinski definition) is 2. The molecule has 1 amide bonds. The number of rotatable bonds is 4. The van der Waals surface area contributed by atoms with E-state index in [1.54, 1.807) is 13.1 Å². The largest absolute Gasteiger partial charge is 0.342 e. The summed E-state index contributed by atoms with van der Waals surface area (Å²) in [4.78, 5) is 12.9. The van der Waals surface area contributed by atoms with Crippen LogP contribution in [0.25, 0.3) is 0 Å². The van der Waals surface area contributed by atoms with Crippen molar-refractivity contribution in [1.82, 2.24) is 15.1 Å². The summed E-state index contributed by atoms with van der Waals surface area (Å²) in [7, 11) is 1.70. The normalized spacial score (nSPS) is 26.7. The van der Waals surface area contributed by atoms with Gasteiger partial charge in [0.05, 0.1) is 17.3 Å². The average molecular weight is 362 g/mol. The Labute approximate surface area is 151 Å². The Morgan fingerprint density at radius 3 is 3.00 bits per heavy atom. The zero-order chi connectivity index (χ0) is 17.8. The number of carbonyl (C=O) groups excluding carboxylic acids is 1. The van der Waals surface area contributed by atoms with Crippen molar-refractivity contribution >= 4 is 17.5 Å². The zero-order valence-corrected chi connectivity index (χ0v) is 15.1. The molecule has 0 aliphatic heterocycles. The van der Waals surface area contributed by atoms with Gasteiger partial charge in [-0.25, -0.2) is 4.39 Å². The summed E-state index contributed by atoms with van der Waals surface area (Å²) < 4.78 is 15.4. The van der Waals surface area contributed by atoms with E-state index in [9.17, 15) is 9.18 Å². The van der Waals surface area contributed by atoms with E-state index in [-0.39, 0.29) is 11.7 Å². The second-order valence-corrected chi connectivity index (χ2v) is 7.53. The van der Waals surface area contributed by atoms with Crippen LogP contribution in [0.4, 0.5) is 4.39 Å². The van der Waals surface area contributed by atoms with E-state index in [1.165, 1.54) is 22.5 Å². The minimum absolute atomic E-state index is 0.239. The van der Waals surface area contributed by atoms with E-state index >= 15 is 0 Å². The van der Waals surface area contributed by atoms with Gasteiger partial charge in [0.2, 0.25) is 0 Å². The molecular formula is C19H21ClFN3O. The summed E-state index contributed by atoms with van der Waals surface area (Å²) in [5, 5.41) is 7.59. The minimum atomic E-state index is -0.506. The number of benzene rings is 1. The number of fused-ring (bicyclic) bond motifs is 5. The Hall–Kier alpha value is -1.88. The highest BCUT2D eigenvalue weighted by Crippen LogP contribution is 2.61. The van der Waals surface area contributed by atoms with Gasteiger partial charge in [-0.05, 0) is 54.4 Å². The molecule has 1 N–H and O–H groups in total. The molecule has 4 nitrogen and oxygen atoms in total. The van der Waals surface area contributed by atoms with Gasteiger partial charge in [-0.15, -0.1) is 0 Å². The third-order valence-corrected chi connectivity index (χ3v) is 6.36. The minimum Gasteiger partial charge on any atom is -0.342 e. The van der Waals surface area contributed by atoms with E-state index < -0.39 is 5.54 Å². The molecule has 1 fully saturated rings. The maximum atomic E-state index is 14.0. The van der Waals surface area contributed by atoms with Gasteiger partial charge in [-0.1, -0.05) is 31.0 Å². The van der Waals surface area contributed by atoms with Crippen LogP contribution in [0.1, 0.15) is 60.0 Å². The Morgan fingerprint density at radius 1 is 1.52 bits per heavy atom. The van der Waals surface area contributed by atoms with E-state index in [1.807, 2.05) is 6.07 Å². The summed E-state index contributed by atoms with van der Waals surface area (Å²) in [5.41, 5.74) is 1.98. The second-order valence-electron chi connectivity index (χ2n) is 7.17. The molecule has 0 spiro atoms. The Kier molecular flexibility index (Phi) is 3.87. The quantitative estimate of drug-likeness (QED) is 0.889. The van der Waals surface area contributed by atoms with E-state index in [0.29, 0.717) is 22.6 Å². The smallest absolute Gasteiger partial charge is 0.256 e. The first-order chi connectivity index (χ1) is 12.0. The van der Waals surface area contributed by atoms with Crippen LogP contribution in [0.2, 0.25) is 5.15 Å². The zero-order valence-electron chi connectivity index (χ0n) is 14.4. The first-order valence-corrected chi connectivity index (χ1v) is 9.15. The van der Waals surface area contributed by atoms with Crippen molar-refractivity contribution in [3.8, 4) is 0 Å². The molecule has 1 heterocycles. The molecule has 6 heteroatoms. The molecule has 1 aromatic carbocycles. The summed E-state index contributed by atoms with van der Waals surface area (Å²) >= 11 is 6.19. The highest BCUT2D eigenvalue weighted by atomic mass is 35.5. The number of hydrogen-bond donors (Lipinski definition) is 1. The van der Waals surface area contributed by atoms with Gasteiger partial charge in [0, 0.05) is 7.05 Å². The Bertz CT molecular complexity index is 849. The summed E-state index contributed by atoms with van der Waals surface area (Å²) in [5.74, 6) is 0.195. The van der Waals surface area contributed by atoms with Crippen LogP contribution in [0, 0.1) is 11.7 Å². The number of nitrogens with one attached hydrogen (secondary N) is 1. The van der Waals surface area contributed by atoms with Crippen LogP contribution in [-0.4, -0.2) is 15.7 Å². The lowest BCUT2D eigenvalue weighted by molar-refractivity contribution is 0.0869. The third-order valence-electron chi connectivity index (χ3n) is 5.91. The molecule has 0 saturated heterocycles. The monoisotopic (exact) mass is 361 g/mol. The fraction of sp³-hybridized carbons (Fsp3) is 0.474. The molecule has 2 bridgehead atoms. The molecule has 3 atom stereocenters. The van der Waals surface area contributed by atoms with Crippen molar-refractivity contribution in [1.29, 1.82) is 0 Å². The van der Waals surface area contributed by atoms with Crippen molar-refractivity contribution < 1.29 is 9.18 Å². The van der Waals surface area contributed by atoms with Crippen molar-refractivity contribution in [2.75, 3.05) is 0 Å². The van der Waals surface area contributed by atoms with Crippen LogP contribution in [0.5, 0.6) is 0 Å². The van der Waals surface area contributed by atoms with Crippen LogP contribution in [0.15, 0.2) is 24.4 Å². The van der Waals surface area contributed by atoms with Crippen molar-refractivity contribution in [2.24, 2.45) is 13.0 Å². The van der Waals surface area contributed by atoms with E-state index in [4.69, 9.17) is 11.6 Å². The Morgan fingerprint density at radius 2 is 2.32 bits per heavy atom. The summed E-state index contributed by atoms with van der Waals surface area (Å²) in [6, 6.07) is 5.01. The number of aromatic nitrogens is 2. The molecular weight excluding hydrogens is 341 g/mol. The number of amides is 1. The standard InChI is InChI=1S/C19H21ClFN3O/c1-3-4-15-13-7-8-19(15,16-9-11(21)5-6-12(13)16)23-18(25)14-10-22-24(2)17(14)20/h5-6,9-10,13,15H,3-4,7-8H2,1-2H3,(H,23,25). The maximum Gasteiger partial charge on any atom is 0.256 e. The van der Waals surface area contributed by atoms with Gasteiger partial charge in [-0.3, -0.25) is 9.48 Å². The predicted molar refractivity (Wildman–Crippen MR) is 94.1 cm³/mol. The van der Waals surface area contributed by atoms with Gasteiger partial charge in [-0.2, -0.15) is 5.10 Å². The van der Waals surface area contributed by atoms with Crippen molar-refractivity contribution in [3.63, 3.8) is 0 Å². The van der Waals surface area contributed by atoms with Crippen molar-refractivity contribution in [2.45, 2.75) is 44.1 Å². The molecule has 0 radical (unpaired) electrons. The lowest BCUT2D eigenvalue weighted by Gasteiger charge is -2.34. The van der Waals surface area contributed by atoms with Crippen LogP contribution in [-0.2, 0) is 12.6 Å². The van der Waals surface area contributed by atoms with Gasteiger partial charge in [0.25, 0.3) is 5.91 Å². The van der Waals surface area contributed by atoms with Gasteiger partial charge < -0.3 is 5.32 Å². The number of carbonyl (C=O) groups is 1. The van der Waals surface area contributed by atoms with Crippen molar-refractivity contribution in [3.05, 3.63) is 52.1 Å². The average Bonchev–Trinajstić information content (AvgIpc) is 3.17. The second kappa shape index (κ2) is 5.84. The molecule has 1 aromatic heterocycles. The molecule has 2 aromatic rings. The fourth-order valence-electron chi connectivity index (χ4n) is 4.88. The highest BCUT2D eigenvalue weighted by Gasteiger charge is 2.57. The molecule has 1 saturated carbocycles. The highest BCUT2D eigenvalue weighted by molar-refractivity contribution is 6.32. The predicted octanol–water partition coefficient (Wildman–Crippen LogP) is 4.15. The maximum absolute atomic E-state index is 14.0. The number of aryl methyl sites for hydroxylation is 1. The molecule has 4 rings (SSSR count). The van der Waals surface area contributed by atoms with Gasteiger partial charge in [0.15, 0.2) is 0 Å². The molecule has 132 valence electrons. The molecule has 2 aliphatic carbocycles. The van der Waals surface area contributed by atoms with E-state index in [2.05, 4.69) is 17.3 Å². The molecule has 2 aliphatic rings. The van der Waals surface area contributed by atoms with Crippen LogP contribution in [0.3, 0.4) is 0 Å². The third kappa shape index (κ3) is 2.32. The SMILES string of the molecule is CCCC1C2CCC1(NC(=O)c1cnn(C)c1Cl)c1cc(F)ccc12. The van der Waals surface area contributed by atoms with Gasteiger partial charge in [0.1, 0.15) is 11.0 Å². The lowest BCUT2D eigenvalue weighted by Crippen LogP contribution is -2.47. The number of nitrogens with zero attached hydrogens (tertiary/aromatic N) is 2. The van der Waals surface area contributed by atoms with Gasteiger partial charge >= 0.3 is 0 Å². The van der Waals surface area contributed by atoms with Crippen LogP contribution >= 0.6 is 11.6 Å². The lowest BCUT2D eigenvalue weighted by atomic mass is 9.82. The Balaban J connectivity index is 1.76. The van der Waals surface area contributed by atoms with Crippen LogP contribution < -0.4 is 5.32 Å². The molecule has 3 unspecified atom stereocenters. The first-order valence-electron chi connectivity index (χ1n) is 8.78.